The standard InChI is InChI=1S/C22H21N3O/c26-22(24-14-16-5-2-1-3-6-16)19-10-12-21(23-15-19)25-20-11-9-17-7-4-8-18(17)13-20/h1-3,5-6,9-13,15H,4,7-8,14H2,(H,23,25)(H,24,26). The molecule has 4 heteroatoms. The Kier molecular flexibility index (Phi) is 4.65. The maximum Gasteiger partial charge on any atom is 0.253 e. The van der Waals surface area contributed by atoms with Crippen LogP contribution in [0, 0.1) is 0 Å². The number of hydrogen-bond donors (Lipinski definition) is 2. The van der Waals surface area contributed by atoms with E-state index in [1.165, 1.54) is 24.0 Å². The Morgan fingerprint density at radius 2 is 1.81 bits per heavy atom. The van der Waals surface area contributed by atoms with Crippen molar-refractivity contribution in [3.63, 3.8) is 0 Å². The highest BCUT2D eigenvalue weighted by Crippen LogP contribution is 2.26. The molecular formula is C22H21N3O. The molecule has 0 unspecified atom stereocenters. The average molecular weight is 343 g/mol. The number of aryl methyl sites for hydroxylation is 2. The molecule has 4 nitrogen and oxygen atoms in total. The summed E-state index contributed by atoms with van der Waals surface area (Å²) < 4.78 is 0. The zero-order valence-corrected chi connectivity index (χ0v) is 14.5. The Balaban J connectivity index is 1.38. The van der Waals surface area contributed by atoms with Gasteiger partial charge in [0.05, 0.1) is 5.56 Å². The van der Waals surface area contributed by atoms with Crippen LogP contribution in [0.5, 0.6) is 0 Å². The zero-order valence-electron chi connectivity index (χ0n) is 14.5. The number of benzene rings is 2. The molecule has 130 valence electrons. The van der Waals surface area contributed by atoms with E-state index in [1.807, 2.05) is 36.4 Å². The normalized spacial score (nSPS) is 12.5. The number of fused-ring (bicyclic) bond motifs is 1. The molecule has 0 spiro atoms. The van der Waals surface area contributed by atoms with E-state index < -0.39 is 0 Å². The number of rotatable bonds is 5. The van der Waals surface area contributed by atoms with Crippen molar-refractivity contribution in [1.82, 2.24) is 10.3 Å². The van der Waals surface area contributed by atoms with Crippen molar-refractivity contribution < 1.29 is 4.79 Å². The van der Waals surface area contributed by atoms with Crippen molar-refractivity contribution in [3.8, 4) is 0 Å². The summed E-state index contributed by atoms with van der Waals surface area (Å²) in [5, 5.41) is 6.23. The summed E-state index contributed by atoms with van der Waals surface area (Å²) in [7, 11) is 0. The molecule has 0 aliphatic heterocycles. The molecule has 2 aromatic carbocycles. The maximum absolute atomic E-state index is 12.2. The minimum atomic E-state index is -0.120. The van der Waals surface area contributed by atoms with E-state index >= 15 is 0 Å². The Morgan fingerprint density at radius 3 is 2.62 bits per heavy atom. The van der Waals surface area contributed by atoms with Crippen molar-refractivity contribution in [1.29, 1.82) is 0 Å². The molecule has 2 N–H and O–H groups in total. The lowest BCUT2D eigenvalue weighted by Gasteiger charge is -2.09. The highest BCUT2D eigenvalue weighted by Gasteiger charge is 2.11. The maximum atomic E-state index is 12.2. The Hall–Kier alpha value is -3.14. The Labute approximate surface area is 153 Å². The largest absolute Gasteiger partial charge is 0.348 e. The summed E-state index contributed by atoms with van der Waals surface area (Å²) in [5.74, 6) is 0.619. The molecule has 0 atom stereocenters. The Bertz CT molecular complexity index is 904. The Morgan fingerprint density at radius 1 is 0.962 bits per heavy atom. The van der Waals surface area contributed by atoms with E-state index in [0.29, 0.717) is 12.1 Å². The first kappa shape index (κ1) is 16.3. The van der Waals surface area contributed by atoms with Gasteiger partial charge >= 0.3 is 0 Å². The van der Waals surface area contributed by atoms with Gasteiger partial charge in [0, 0.05) is 18.4 Å². The summed E-state index contributed by atoms with van der Waals surface area (Å²) >= 11 is 0. The molecule has 26 heavy (non-hydrogen) atoms. The van der Waals surface area contributed by atoms with Crippen molar-refractivity contribution in [3.05, 3.63) is 89.1 Å². The number of carbonyl (C=O) groups is 1. The molecule has 1 amide bonds. The van der Waals surface area contributed by atoms with Crippen LogP contribution in [0.3, 0.4) is 0 Å². The van der Waals surface area contributed by atoms with Gasteiger partial charge in [0.2, 0.25) is 0 Å². The number of carbonyl (C=O) groups excluding carboxylic acids is 1. The van der Waals surface area contributed by atoms with Gasteiger partial charge in [-0.3, -0.25) is 4.79 Å². The molecule has 0 bridgehead atoms. The minimum Gasteiger partial charge on any atom is -0.348 e. The lowest BCUT2D eigenvalue weighted by molar-refractivity contribution is 0.0950. The van der Waals surface area contributed by atoms with Gasteiger partial charge in [0.25, 0.3) is 5.91 Å². The summed E-state index contributed by atoms with van der Waals surface area (Å²) in [6, 6.07) is 20.0. The fraction of sp³-hybridized carbons (Fsp3) is 0.182. The third-order valence-electron chi connectivity index (χ3n) is 4.69. The van der Waals surface area contributed by atoms with Gasteiger partial charge in [-0.2, -0.15) is 0 Å². The monoisotopic (exact) mass is 343 g/mol. The van der Waals surface area contributed by atoms with E-state index in [4.69, 9.17) is 0 Å². The van der Waals surface area contributed by atoms with Gasteiger partial charge < -0.3 is 10.6 Å². The lowest BCUT2D eigenvalue weighted by Crippen LogP contribution is -2.22. The first-order valence-corrected chi connectivity index (χ1v) is 8.95. The zero-order chi connectivity index (χ0) is 17.8. The molecule has 0 saturated heterocycles. The fourth-order valence-electron chi connectivity index (χ4n) is 3.28. The van der Waals surface area contributed by atoms with E-state index in [-0.39, 0.29) is 5.91 Å². The van der Waals surface area contributed by atoms with Crippen molar-refractivity contribution >= 4 is 17.4 Å². The van der Waals surface area contributed by atoms with Crippen LogP contribution in [0.1, 0.15) is 33.5 Å². The number of anilines is 2. The van der Waals surface area contributed by atoms with Gasteiger partial charge in [-0.15, -0.1) is 0 Å². The smallest absolute Gasteiger partial charge is 0.253 e. The third-order valence-corrected chi connectivity index (χ3v) is 4.69. The molecule has 1 aliphatic rings. The number of nitrogens with one attached hydrogen (secondary N) is 2. The van der Waals surface area contributed by atoms with Crippen LogP contribution in [0.15, 0.2) is 66.9 Å². The third kappa shape index (κ3) is 3.75. The van der Waals surface area contributed by atoms with Crippen LogP contribution in [-0.4, -0.2) is 10.9 Å². The molecule has 4 rings (SSSR count). The van der Waals surface area contributed by atoms with Crippen molar-refractivity contribution in [2.75, 3.05) is 5.32 Å². The predicted molar refractivity (Wildman–Crippen MR) is 104 cm³/mol. The SMILES string of the molecule is O=C(NCc1ccccc1)c1ccc(Nc2ccc3c(c2)CCC3)nc1. The van der Waals surface area contributed by atoms with E-state index in [9.17, 15) is 4.79 Å². The number of nitrogens with zero attached hydrogens (tertiary/aromatic N) is 1. The number of amides is 1. The van der Waals surface area contributed by atoms with Gasteiger partial charge in [0.1, 0.15) is 5.82 Å². The lowest BCUT2D eigenvalue weighted by atomic mass is 10.1. The van der Waals surface area contributed by atoms with E-state index in [2.05, 4.69) is 33.8 Å². The van der Waals surface area contributed by atoms with Crippen LogP contribution in [0.2, 0.25) is 0 Å². The second kappa shape index (κ2) is 7.40. The van der Waals surface area contributed by atoms with Crippen LogP contribution in [-0.2, 0) is 19.4 Å². The van der Waals surface area contributed by atoms with E-state index in [0.717, 1.165) is 23.5 Å². The van der Waals surface area contributed by atoms with Crippen LogP contribution in [0.4, 0.5) is 11.5 Å². The summed E-state index contributed by atoms with van der Waals surface area (Å²) in [6.07, 6.45) is 5.18. The summed E-state index contributed by atoms with van der Waals surface area (Å²) in [5.41, 5.74) is 5.55. The van der Waals surface area contributed by atoms with E-state index in [1.54, 1.807) is 12.3 Å². The molecule has 1 aliphatic carbocycles. The van der Waals surface area contributed by atoms with Crippen LogP contribution >= 0.6 is 0 Å². The van der Waals surface area contributed by atoms with Gasteiger partial charge in [-0.05, 0) is 60.2 Å². The van der Waals surface area contributed by atoms with Crippen molar-refractivity contribution in [2.24, 2.45) is 0 Å². The first-order valence-electron chi connectivity index (χ1n) is 8.95. The summed E-state index contributed by atoms with van der Waals surface area (Å²) in [6.45, 7) is 0.509. The van der Waals surface area contributed by atoms with Gasteiger partial charge in [0.15, 0.2) is 0 Å². The number of pyridine rings is 1. The average Bonchev–Trinajstić information content (AvgIpc) is 3.15. The highest BCUT2D eigenvalue weighted by atomic mass is 16.1. The molecule has 3 aromatic rings. The predicted octanol–water partition coefficient (Wildman–Crippen LogP) is 4.24. The van der Waals surface area contributed by atoms with Gasteiger partial charge in [-0.25, -0.2) is 4.98 Å². The fourth-order valence-corrected chi connectivity index (χ4v) is 3.28. The number of aromatic nitrogens is 1. The molecular weight excluding hydrogens is 322 g/mol. The quantitative estimate of drug-likeness (QED) is 0.728. The van der Waals surface area contributed by atoms with Crippen molar-refractivity contribution in [2.45, 2.75) is 25.8 Å². The van der Waals surface area contributed by atoms with Crippen LogP contribution < -0.4 is 10.6 Å². The molecule has 0 fully saturated rings. The first-order chi connectivity index (χ1) is 12.8. The molecule has 0 radical (unpaired) electrons. The van der Waals surface area contributed by atoms with Gasteiger partial charge in [-0.1, -0.05) is 36.4 Å². The number of hydrogen-bond acceptors (Lipinski definition) is 3. The molecule has 1 heterocycles. The summed E-state index contributed by atoms with van der Waals surface area (Å²) in [4.78, 5) is 16.6. The minimum absolute atomic E-state index is 0.120. The molecule has 1 aromatic heterocycles. The second-order valence-electron chi connectivity index (χ2n) is 6.56. The van der Waals surface area contributed by atoms with Crippen LogP contribution in [0.25, 0.3) is 0 Å². The molecule has 0 saturated carbocycles. The highest BCUT2D eigenvalue weighted by molar-refractivity contribution is 5.94. The topological polar surface area (TPSA) is 54.0 Å². The second-order valence-corrected chi connectivity index (χ2v) is 6.56.